The third-order valence-corrected chi connectivity index (χ3v) is 4.52. The minimum atomic E-state index is -0.190. The van der Waals surface area contributed by atoms with Gasteiger partial charge in [0.25, 0.3) is 0 Å². The van der Waals surface area contributed by atoms with Crippen molar-refractivity contribution in [1.29, 1.82) is 0 Å². The molecule has 0 fully saturated rings. The zero-order valence-electron chi connectivity index (χ0n) is 12.6. The Morgan fingerprint density at radius 2 is 1.92 bits per heavy atom. The van der Waals surface area contributed by atoms with Gasteiger partial charge in [-0.05, 0) is 35.9 Å². The van der Waals surface area contributed by atoms with Gasteiger partial charge in [-0.3, -0.25) is 4.79 Å². The lowest BCUT2D eigenvalue weighted by atomic mass is 10.1. The molecule has 0 atom stereocenters. The van der Waals surface area contributed by atoms with Gasteiger partial charge in [0.05, 0.1) is 35.4 Å². The highest BCUT2D eigenvalue weighted by Gasteiger charge is 2.17. The van der Waals surface area contributed by atoms with E-state index in [0.717, 1.165) is 16.5 Å². The first-order chi connectivity index (χ1) is 11.5. The molecule has 2 aromatic carbocycles. The van der Waals surface area contributed by atoms with Crippen molar-refractivity contribution >= 4 is 50.7 Å². The van der Waals surface area contributed by atoms with Crippen molar-refractivity contribution in [3.63, 3.8) is 0 Å². The fourth-order valence-corrected chi connectivity index (χ4v) is 3.37. The van der Waals surface area contributed by atoms with Crippen molar-refractivity contribution in [3.8, 4) is 11.5 Å². The molecule has 2 aromatic rings. The summed E-state index contributed by atoms with van der Waals surface area (Å²) < 4.78 is 12.1. The molecule has 3 rings (SSSR count). The number of halogens is 3. The van der Waals surface area contributed by atoms with Crippen LogP contribution in [0.3, 0.4) is 0 Å². The number of anilines is 1. The number of ether oxygens (including phenoxy) is 2. The van der Waals surface area contributed by atoms with Crippen molar-refractivity contribution in [1.82, 2.24) is 0 Å². The Balaban J connectivity index is 1.74. The first kappa shape index (κ1) is 17.4. The zero-order chi connectivity index (χ0) is 17.1. The standard InChI is InChI=1S/C17H14BrCl2NO3/c18-11-2-3-14(12(19)9-11)21-16(22)8-10-6-13(20)17-15(7-10)23-4-1-5-24-17/h2-3,6-7,9H,1,4-5,8H2,(H,21,22). The molecule has 0 aliphatic carbocycles. The highest BCUT2D eigenvalue weighted by Crippen LogP contribution is 2.38. The molecule has 1 aliphatic heterocycles. The van der Waals surface area contributed by atoms with Crippen molar-refractivity contribution in [3.05, 3.63) is 50.4 Å². The highest BCUT2D eigenvalue weighted by molar-refractivity contribution is 9.10. The van der Waals surface area contributed by atoms with E-state index in [4.69, 9.17) is 32.7 Å². The second kappa shape index (κ2) is 7.64. The van der Waals surface area contributed by atoms with Crippen LogP contribution in [-0.2, 0) is 11.2 Å². The summed E-state index contributed by atoms with van der Waals surface area (Å²) in [5.74, 6) is 0.920. The molecule has 0 radical (unpaired) electrons. The molecule has 126 valence electrons. The summed E-state index contributed by atoms with van der Waals surface area (Å²) in [7, 11) is 0. The van der Waals surface area contributed by atoms with Gasteiger partial charge in [0.15, 0.2) is 11.5 Å². The van der Waals surface area contributed by atoms with Crippen LogP contribution in [0.4, 0.5) is 5.69 Å². The van der Waals surface area contributed by atoms with E-state index >= 15 is 0 Å². The van der Waals surface area contributed by atoms with Gasteiger partial charge in [-0.15, -0.1) is 0 Å². The molecule has 0 saturated carbocycles. The van der Waals surface area contributed by atoms with Crippen LogP contribution in [0.5, 0.6) is 11.5 Å². The van der Waals surface area contributed by atoms with E-state index in [-0.39, 0.29) is 12.3 Å². The van der Waals surface area contributed by atoms with E-state index in [0.29, 0.717) is 40.4 Å². The predicted molar refractivity (Wildman–Crippen MR) is 98.5 cm³/mol. The summed E-state index contributed by atoms with van der Waals surface area (Å²) in [6.07, 6.45) is 0.950. The Morgan fingerprint density at radius 1 is 1.12 bits per heavy atom. The smallest absolute Gasteiger partial charge is 0.228 e. The molecule has 0 saturated heterocycles. The van der Waals surface area contributed by atoms with E-state index < -0.39 is 0 Å². The normalized spacial score (nSPS) is 13.3. The molecule has 1 amide bonds. The summed E-state index contributed by atoms with van der Waals surface area (Å²) in [4.78, 5) is 12.3. The zero-order valence-corrected chi connectivity index (χ0v) is 15.7. The molecule has 0 unspecified atom stereocenters. The van der Waals surface area contributed by atoms with Gasteiger partial charge in [-0.25, -0.2) is 0 Å². The van der Waals surface area contributed by atoms with Crippen molar-refractivity contribution < 1.29 is 14.3 Å². The average molecular weight is 431 g/mol. The van der Waals surface area contributed by atoms with Crippen molar-refractivity contribution in [2.24, 2.45) is 0 Å². The Morgan fingerprint density at radius 3 is 2.71 bits per heavy atom. The van der Waals surface area contributed by atoms with Crippen LogP contribution in [0.2, 0.25) is 10.0 Å². The fourth-order valence-electron chi connectivity index (χ4n) is 2.36. The van der Waals surface area contributed by atoms with Gasteiger partial charge in [-0.1, -0.05) is 39.1 Å². The third-order valence-electron chi connectivity index (χ3n) is 3.43. The van der Waals surface area contributed by atoms with Crippen LogP contribution in [0.1, 0.15) is 12.0 Å². The lowest BCUT2D eigenvalue weighted by Gasteiger charge is -2.12. The van der Waals surface area contributed by atoms with Gasteiger partial charge >= 0.3 is 0 Å². The van der Waals surface area contributed by atoms with Crippen LogP contribution in [0.15, 0.2) is 34.8 Å². The summed E-state index contributed by atoms with van der Waals surface area (Å²) in [6.45, 7) is 1.13. The number of hydrogen-bond donors (Lipinski definition) is 1. The van der Waals surface area contributed by atoms with Gasteiger partial charge in [0, 0.05) is 10.9 Å². The van der Waals surface area contributed by atoms with Crippen LogP contribution in [-0.4, -0.2) is 19.1 Å². The Hall–Kier alpha value is -1.43. The van der Waals surface area contributed by atoms with Gasteiger partial charge in [0.2, 0.25) is 5.91 Å². The highest BCUT2D eigenvalue weighted by atomic mass is 79.9. The molecule has 7 heteroatoms. The molecule has 0 aromatic heterocycles. The maximum Gasteiger partial charge on any atom is 0.228 e. The summed E-state index contributed by atoms with van der Waals surface area (Å²) in [6, 6.07) is 8.78. The number of fused-ring (bicyclic) bond motifs is 1. The molecule has 1 heterocycles. The number of nitrogens with one attached hydrogen (secondary N) is 1. The molecule has 1 N–H and O–H groups in total. The van der Waals surface area contributed by atoms with E-state index in [9.17, 15) is 4.79 Å². The molecule has 4 nitrogen and oxygen atoms in total. The van der Waals surface area contributed by atoms with Gasteiger partial charge in [0.1, 0.15) is 0 Å². The van der Waals surface area contributed by atoms with Crippen molar-refractivity contribution in [2.75, 3.05) is 18.5 Å². The van der Waals surface area contributed by atoms with Crippen LogP contribution < -0.4 is 14.8 Å². The van der Waals surface area contributed by atoms with E-state index in [1.54, 1.807) is 24.3 Å². The first-order valence-corrected chi connectivity index (χ1v) is 8.91. The van der Waals surface area contributed by atoms with Crippen LogP contribution >= 0.6 is 39.1 Å². The van der Waals surface area contributed by atoms with E-state index in [2.05, 4.69) is 21.2 Å². The number of carbonyl (C=O) groups excluding carboxylic acids is 1. The van der Waals surface area contributed by atoms with E-state index in [1.165, 1.54) is 0 Å². The lowest BCUT2D eigenvalue weighted by molar-refractivity contribution is -0.115. The Bertz CT molecular complexity index is 783. The van der Waals surface area contributed by atoms with Gasteiger partial charge < -0.3 is 14.8 Å². The Kier molecular flexibility index (Phi) is 5.54. The topological polar surface area (TPSA) is 47.6 Å². The van der Waals surface area contributed by atoms with Crippen LogP contribution in [0.25, 0.3) is 0 Å². The molecule has 1 aliphatic rings. The maximum atomic E-state index is 12.3. The third kappa shape index (κ3) is 4.15. The number of hydrogen-bond acceptors (Lipinski definition) is 3. The number of rotatable bonds is 3. The largest absolute Gasteiger partial charge is 0.489 e. The number of carbonyl (C=O) groups is 1. The molecular weight excluding hydrogens is 417 g/mol. The SMILES string of the molecule is O=C(Cc1cc(Cl)c2c(c1)OCCCO2)Nc1ccc(Br)cc1Cl. The summed E-state index contributed by atoms with van der Waals surface area (Å²) >= 11 is 15.7. The first-order valence-electron chi connectivity index (χ1n) is 7.36. The fraction of sp³-hybridized carbons (Fsp3) is 0.235. The average Bonchev–Trinajstić information content (AvgIpc) is 2.76. The second-order valence-corrected chi connectivity index (χ2v) is 7.03. The number of benzene rings is 2. The maximum absolute atomic E-state index is 12.3. The van der Waals surface area contributed by atoms with Crippen molar-refractivity contribution in [2.45, 2.75) is 12.8 Å². The molecule has 0 bridgehead atoms. The Labute approximate surface area is 158 Å². The lowest BCUT2D eigenvalue weighted by Crippen LogP contribution is -2.14. The summed E-state index contributed by atoms with van der Waals surface area (Å²) in [5, 5.41) is 3.70. The van der Waals surface area contributed by atoms with Crippen LogP contribution in [0, 0.1) is 0 Å². The molecule has 0 spiro atoms. The molecular formula is C17H14BrCl2NO3. The number of amides is 1. The second-order valence-electron chi connectivity index (χ2n) is 5.30. The van der Waals surface area contributed by atoms with Gasteiger partial charge in [-0.2, -0.15) is 0 Å². The van der Waals surface area contributed by atoms with E-state index in [1.807, 2.05) is 6.07 Å². The monoisotopic (exact) mass is 429 g/mol. The minimum absolute atomic E-state index is 0.156. The quantitative estimate of drug-likeness (QED) is 0.736. The predicted octanol–water partition coefficient (Wildman–Crippen LogP) is 5.10. The summed E-state index contributed by atoms with van der Waals surface area (Å²) in [5.41, 5.74) is 1.31. The minimum Gasteiger partial charge on any atom is -0.489 e. The molecule has 24 heavy (non-hydrogen) atoms.